The number of piperazine rings is 1. The molecule has 19 heavy (non-hydrogen) atoms. The van der Waals surface area contributed by atoms with Crippen molar-refractivity contribution in [1.82, 2.24) is 9.80 Å². The maximum absolute atomic E-state index is 13.1. The third-order valence-electron chi connectivity index (χ3n) is 3.70. The van der Waals surface area contributed by atoms with E-state index in [0.29, 0.717) is 0 Å². The van der Waals surface area contributed by atoms with Crippen molar-refractivity contribution in [3.8, 4) is 0 Å². The van der Waals surface area contributed by atoms with Crippen molar-refractivity contribution in [2.45, 2.75) is 26.0 Å². The van der Waals surface area contributed by atoms with Crippen LogP contribution in [0.2, 0.25) is 0 Å². The first-order valence-electron chi connectivity index (χ1n) is 7.04. The maximum Gasteiger partial charge on any atom is 0.123 e. The van der Waals surface area contributed by atoms with Gasteiger partial charge in [-0.15, -0.1) is 0 Å². The molecule has 1 saturated heterocycles. The number of β-amino-alcohol motifs (C(OH)–C–C–N with tert-alkyl or cyclic N) is 1. The summed E-state index contributed by atoms with van der Waals surface area (Å²) >= 11 is 0. The van der Waals surface area contributed by atoms with E-state index in [2.05, 4.69) is 9.80 Å². The topological polar surface area (TPSA) is 26.7 Å². The van der Waals surface area contributed by atoms with E-state index >= 15 is 0 Å². The number of benzene rings is 1. The summed E-state index contributed by atoms with van der Waals surface area (Å²) in [4.78, 5) is 4.64. The van der Waals surface area contributed by atoms with Crippen LogP contribution in [0, 0.1) is 5.82 Å². The number of aliphatic hydroxyl groups excluding tert-OH is 1. The fourth-order valence-corrected chi connectivity index (χ4v) is 2.45. The van der Waals surface area contributed by atoms with Crippen molar-refractivity contribution in [2.24, 2.45) is 0 Å². The van der Waals surface area contributed by atoms with Crippen molar-refractivity contribution in [1.29, 1.82) is 0 Å². The molecule has 1 fully saturated rings. The third-order valence-corrected chi connectivity index (χ3v) is 3.70. The fourth-order valence-electron chi connectivity index (χ4n) is 2.45. The molecule has 0 amide bonds. The molecule has 0 spiro atoms. The van der Waals surface area contributed by atoms with Gasteiger partial charge in [0.05, 0.1) is 6.10 Å². The Morgan fingerprint density at radius 1 is 1.21 bits per heavy atom. The third kappa shape index (κ3) is 4.56. The minimum absolute atomic E-state index is 0.165. The van der Waals surface area contributed by atoms with Gasteiger partial charge in [0.1, 0.15) is 5.82 Å². The molecule has 1 aliphatic heterocycles. The molecule has 1 unspecified atom stereocenters. The Hall–Kier alpha value is -0.970. The molecular weight excluding hydrogens is 243 g/mol. The molecule has 4 heteroatoms. The van der Waals surface area contributed by atoms with Gasteiger partial charge in [-0.05, 0) is 24.1 Å². The van der Waals surface area contributed by atoms with Crippen molar-refractivity contribution in [2.75, 3.05) is 32.7 Å². The number of rotatable bonds is 5. The van der Waals surface area contributed by atoms with Crippen LogP contribution in [0.1, 0.15) is 18.9 Å². The van der Waals surface area contributed by atoms with Crippen LogP contribution in [0.5, 0.6) is 0 Å². The van der Waals surface area contributed by atoms with E-state index in [9.17, 15) is 9.50 Å². The monoisotopic (exact) mass is 266 g/mol. The molecular formula is C15H23FN2O. The SMILES string of the molecule is CCC(O)CN1CCN(Cc2cccc(F)c2)CC1. The first-order chi connectivity index (χ1) is 9.17. The Labute approximate surface area is 114 Å². The number of nitrogens with zero attached hydrogens (tertiary/aromatic N) is 2. The van der Waals surface area contributed by atoms with Gasteiger partial charge in [0, 0.05) is 39.3 Å². The van der Waals surface area contributed by atoms with E-state index in [4.69, 9.17) is 0 Å². The van der Waals surface area contributed by atoms with Crippen molar-refractivity contribution >= 4 is 0 Å². The van der Waals surface area contributed by atoms with Crippen LogP contribution < -0.4 is 0 Å². The molecule has 0 aromatic heterocycles. The lowest BCUT2D eigenvalue weighted by molar-refractivity contribution is 0.0686. The molecule has 1 aromatic carbocycles. The highest BCUT2D eigenvalue weighted by molar-refractivity contribution is 5.16. The predicted octanol–water partition coefficient (Wildman–Crippen LogP) is 1.71. The molecule has 0 radical (unpaired) electrons. The van der Waals surface area contributed by atoms with Crippen LogP contribution in [0.4, 0.5) is 4.39 Å². The Balaban J connectivity index is 1.77. The van der Waals surface area contributed by atoms with Crippen LogP contribution >= 0.6 is 0 Å². The second kappa shape index (κ2) is 6.98. The quantitative estimate of drug-likeness (QED) is 0.879. The molecule has 0 saturated carbocycles. The van der Waals surface area contributed by atoms with Gasteiger partial charge in [0.2, 0.25) is 0 Å². The van der Waals surface area contributed by atoms with Gasteiger partial charge in [-0.3, -0.25) is 9.80 Å². The van der Waals surface area contributed by atoms with Crippen molar-refractivity contribution in [3.63, 3.8) is 0 Å². The maximum atomic E-state index is 13.1. The summed E-state index contributed by atoms with van der Waals surface area (Å²) in [6.07, 6.45) is 0.596. The summed E-state index contributed by atoms with van der Waals surface area (Å²) in [5, 5.41) is 9.64. The molecule has 106 valence electrons. The minimum atomic E-state index is -0.213. The van der Waals surface area contributed by atoms with Gasteiger partial charge in [-0.2, -0.15) is 0 Å². The largest absolute Gasteiger partial charge is 0.392 e. The Kier molecular flexibility index (Phi) is 5.31. The molecule has 1 aromatic rings. The minimum Gasteiger partial charge on any atom is -0.392 e. The average molecular weight is 266 g/mol. The second-order valence-electron chi connectivity index (χ2n) is 5.27. The highest BCUT2D eigenvalue weighted by Crippen LogP contribution is 2.10. The summed E-state index contributed by atoms with van der Waals surface area (Å²) in [6, 6.07) is 6.82. The van der Waals surface area contributed by atoms with Crippen molar-refractivity contribution < 1.29 is 9.50 Å². The second-order valence-corrected chi connectivity index (χ2v) is 5.27. The van der Waals surface area contributed by atoms with Crippen LogP contribution in [0.25, 0.3) is 0 Å². The molecule has 1 N–H and O–H groups in total. The smallest absolute Gasteiger partial charge is 0.123 e. The van der Waals surface area contributed by atoms with E-state index in [-0.39, 0.29) is 11.9 Å². The molecule has 0 aliphatic carbocycles. The number of aliphatic hydroxyl groups is 1. The van der Waals surface area contributed by atoms with Crippen LogP contribution in [0.3, 0.4) is 0 Å². The van der Waals surface area contributed by atoms with E-state index in [1.807, 2.05) is 13.0 Å². The van der Waals surface area contributed by atoms with E-state index in [0.717, 1.165) is 51.3 Å². The van der Waals surface area contributed by atoms with Gasteiger partial charge in [-0.1, -0.05) is 19.1 Å². The van der Waals surface area contributed by atoms with E-state index in [1.54, 1.807) is 12.1 Å². The summed E-state index contributed by atoms with van der Waals surface area (Å²) in [5.41, 5.74) is 1.03. The average Bonchev–Trinajstić information content (AvgIpc) is 2.41. The summed E-state index contributed by atoms with van der Waals surface area (Å²) < 4.78 is 13.1. The Morgan fingerprint density at radius 3 is 2.53 bits per heavy atom. The van der Waals surface area contributed by atoms with Crippen LogP contribution in [0.15, 0.2) is 24.3 Å². The highest BCUT2D eigenvalue weighted by Gasteiger charge is 2.18. The first kappa shape index (κ1) is 14.4. The number of hydrogen-bond acceptors (Lipinski definition) is 3. The van der Waals surface area contributed by atoms with Gasteiger partial charge in [0.25, 0.3) is 0 Å². The lowest BCUT2D eigenvalue weighted by atomic mass is 10.2. The fraction of sp³-hybridized carbons (Fsp3) is 0.600. The Morgan fingerprint density at radius 2 is 1.89 bits per heavy atom. The standard InChI is InChI=1S/C15H23FN2O/c1-2-15(19)12-18-8-6-17(7-9-18)11-13-4-3-5-14(16)10-13/h3-5,10,15,19H,2,6-9,11-12H2,1H3. The Bertz CT molecular complexity index is 391. The first-order valence-corrected chi connectivity index (χ1v) is 7.04. The van der Waals surface area contributed by atoms with Gasteiger partial charge in [0.15, 0.2) is 0 Å². The zero-order valence-corrected chi connectivity index (χ0v) is 11.6. The highest BCUT2D eigenvalue weighted by atomic mass is 19.1. The molecule has 1 atom stereocenters. The zero-order valence-electron chi connectivity index (χ0n) is 11.6. The zero-order chi connectivity index (χ0) is 13.7. The number of hydrogen-bond donors (Lipinski definition) is 1. The van der Waals surface area contributed by atoms with Crippen LogP contribution in [-0.4, -0.2) is 53.7 Å². The van der Waals surface area contributed by atoms with Gasteiger partial charge in [-0.25, -0.2) is 4.39 Å². The van der Waals surface area contributed by atoms with Crippen LogP contribution in [-0.2, 0) is 6.54 Å². The van der Waals surface area contributed by atoms with E-state index in [1.165, 1.54) is 6.07 Å². The lowest BCUT2D eigenvalue weighted by Gasteiger charge is -2.35. The molecule has 1 heterocycles. The number of halogens is 1. The van der Waals surface area contributed by atoms with Gasteiger partial charge < -0.3 is 5.11 Å². The van der Waals surface area contributed by atoms with Crippen molar-refractivity contribution in [3.05, 3.63) is 35.6 Å². The van der Waals surface area contributed by atoms with Gasteiger partial charge >= 0.3 is 0 Å². The molecule has 0 bridgehead atoms. The molecule has 2 rings (SSSR count). The summed E-state index contributed by atoms with van der Waals surface area (Å²) in [6.45, 7) is 7.50. The normalized spacial score (nSPS) is 19.5. The summed E-state index contributed by atoms with van der Waals surface area (Å²) in [7, 11) is 0. The predicted molar refractivity (Wildman–Crippen MR) is 74.4 cm³/mol. The summed E-state index contributed by atoms with van der Waals surface area (Å²) in [5.74, 6) is -0.165. The molecule has 3 nitrogen and oxygen atoms in total. The van der Waals surface area contributed by atoms with E-state index < -0.39 is 0 Å². The lowest BCUT2D eigenvalue weighted by Crippen LogP contribution is -2.48. The molecule has 1 aliphatic rings.